The zero-order valence-corrected chi connectivity index (χ0v) is 22.9. The molecule has 2 aromatic carbocycles. The van der Waals surface area contributed by atoms with E-state index in [2.05, 4.69) is 5.32 Å². The molecule has 1 amide bonds. The lowest BCUT2D eigenvalue weighted by Gasteiger charge is -2.20. The normalized spacial score (nSPS) is 14.9. The van der Waals surface area contributed by atoms with Crippen LogP contribution in [-0.4, -0.2) is 61.8 Å². The van der Waals surface area contributed by atoms with Gasteiger partial charge in [-0.05, 0) is 49.6 Å². The van der Waals surface area contributed by atoms with Crippen LogP contribution >= 0.6 is 0 Å². The Bertz CT molecular complexity index is 1450. The first-order valence-electron chi connectivity index (χ1n) is 13.1. The van der Waals surface area contributed by atoms with E-state index in [9.17, 15) is 18.5 Å². The fourth-order valence-electron chi connectivity index (χ4n) is 4.48. The number of hydrogen-bond acceptors (Lipinski definition) is 6. The molecular formula is C29H33N5O4S. The Morgan fingerprint density at radius 3 is 2.54 bits per heavy atom. The number of nitrogens with one attached hydrogen (secondary N) is 1. The lowest BCUT2D eigenvalue weighted by molar-refractivity contribution is -0.117. The molecule has 1 N–H and O–H groups in total. The van der Waals surface area contributed by atoms with Crippen molar-refractivity contribution in [3.8, 4) is 23.0 Å². The third kappa shape index (κ3) is 7.00. The summed E-state index contributed by atoms with van der Waals surface area (Å²) in [6.07, 6.45) is 7.59. The maximum atomic E-state index is 13.5. The molecule has 0 spiro atoms. The van der Waals surface area contributed by atoms with Crippen molar-refractivity contribution in [3.63, 3.8) is 0 Å². The highest BCUT2D eigenvalue weighted by molar-refractivity contribution is 7.89. The highest BCUT2D eigenvalue weighted by Crippen LogP contribution is 2.29. The molecule has 0 aliphatic carbocycles. The molecule has 39 heavy (non-hydrogen) atoms. The molecule has 0 radical (unpaired) electrons. The lowest BCUT2D eigenvalue weighted by Crippen LogP contribution is -2.31. The fourth-order valence-corrected chi connectivity index (χ4v) is 6.05. The second-order valence-corrected chi connectivity index (χ2v) is 11.3. The zero-order valence-electron chi connectivity index (χ0n) is 22.0. The summed E-state index contributed by atoms with van der Waals surface area (Å²) in [6, 6.07) is 18.1. The summed E-state index contributed by atoms with van der Waals surface area (Å²) >= 11 is 0. The van der Waals surface area contributed by atoms with Crippen molar-refractivity contribution in [1.29, 1.82) is 5.26 Å². The molecule has 10 heteroatoms. The quantitative estimate of drug-likeness (QED) is 0.231. The van der Waals surface area contributed by atoms with E-state index in [1.54, 1.807) is 46.6 Å². The smallest absolute Gasteiger partial charge is 0.261 e. The molecule has 1 aromatic heterocycles. The Morgan fingerprint density at radius 1 is 1.10 bits per heavy atom. The van der Waals surface area contributed by atoms with Crippen LogP contribution in [0, 0.1) is 11.3 Å². The Kier molecular flexibility index (Phi) is 9.65. The van der Waals surface area contributed by atoms with Crippen LogP contribution in [0.3, 0.4) is 0 Å². The Hall–Kier alpha value is -3.78. The van der Waals surface area contributed by atoms with Crippen LogP contribution in [0.4, 0.5) is 0 Å². The summed E-state index contributed by atoms with van der Waals surface area (Å²) in [6.45, 7) is 1.89. The van der Waals surface area contributed by atoms with Crippen molar-refractivity contribution in [2.75, 3.05) is 33.4 Å². The van der Waals surface area contributed by atoms with Crippen LogP contribution in [0.25, 0.3) is 23.0 Å². The van der Waals surface area contributed by atoms with Crippen molar-refractivity contribution in [2.45, 2.75) is 37.0 Å². The number of rotatable bonds is 10. The number of sulfonamides is 1. The standard InChI is InChI=1S/C29H33N5O4S/c1-38-18-10-15-31-29(35)24(21-30)19-25-22-34(26-12-5-4-6-13-26)32-28(25)23-11-9-14-27(20-23)39(36,37)33-16-7-2-3-8-17-33/h4-6,9,11-14,19-20,22H,2-3,7-8,10,15-18H2,1H3,(H,31,35)/b24-19-. The van der Waals surface area contributed by atoms with Gasteiger partial charge in [0.25, 0.3) is 5.91 Å². The molecule has 0 atom stereocenters. The maximum absolute atomic E-state index is 13.5. The number of para-hydroxylation sites is 1. The molecule has 9 nitrogen and oxygen atoms in total. The zero-order chi connectivity index (χ0) is 27.7. The molecular weight excluding hydrogens is 514 g/mol. The lowest BCUT2D eigenvalue weighted by atomic mass is 10.1. The number of hydrogen-bond donors (Lipinski definition) is 1. The predicted molar refractivity (Wildman–Crippen MR) is 149 cm³/mol. The summed E-state index contributed by atoms with van der Waals surface area (Å²) in [5.41, 5.74) is 2.27. The van der Waals surface area contributed by atoms with Crippen LogP contribution in [0.1, 0.15) is 37.7 Å². The first kappa shape index (κ1) is 28.2. The van der Waals surface area contributed by atoms with Gasteiger partial charge in [-0.1, -0.05) is 43.2 Å². The molecule has 0 saturated carbocycles. The maximum Gasteiger partial charge on any atom is 0.261 e. The van der Waals surface area contributed by atoms with Crippen molar-refractivity contribution < 1.29 is 17.9 Å². The van der Waals surface area contributed by atoms with Crippen LogP contribution in [0.15, 0.2) is 71.3 Å². The van der Waals surface area contributed by atoms with E-state index in [0.717, 1.165) is 31.4 Å². The van der Waals surface area contributed by atoms with Gasteiger partial charge in [0.15, 0.2) is 0 Å². The highest BCUT2D eigenvalue weighted by Gasteiger charge is 2.26. The summed E-state index contributed by atoms with van der Waals surface area (Å²) in [7, 11) is -2.09. The molecule has 1 aliphatic heterocycles. The van der Waals surface area contributed by atoms with E-state index in [0.29, 0.717) is 49.5 Å². The molecule has 4 rings (SSSR count). The van der Waals surface area contributed by atoms with Crippen LogP contribution < -0.4 is 5.32 Å². The van der Waals surface area contributed by atoms with E-state index in [1.807, 2.05) is 36.4 Å². The van der Waals surface area contributed by atoms with Crippen molar-refractivity contribution in [3.05, 3.63) is 71.9 Å². The highest BCUT2D eigenvalue weighted by atomic mass is 32.2. The van der Waals surface area contributed by atoms with Gasteiger partial charge in [0.05, 0.1) is 10.6 Å². The van der Waals surface area contributed by atoms with Gasteiger partial charge in [0.1, 0.15) is 17.3 Å². The van der Waals surface area contributed by atoms with E-state index in [-0.39, 0.29) is 10.5 Å². The average molecular weight is 548 g/mol. The van der Waals surface area contributed by atoms with Crippen molar-refractivity contribution in [1.82, 2.24) is 19.4 Å². The number of carbonyl (C=O) groups excluding carboxylic acids is 1. The topological polar surface area (TPSA) is 117 Å². The second-order valence-electron chi connectivity index (χ2n) is 9.33. The monoisotopic (exact) mass is 547 g/mol. The van der Waals surface area contributed by atoms with Gasteiger partial charge in [0.2, 0.25) is 10.0 Å². The van der Waals surface area contributed by atoms with Gasteiger partial charge in [-0.3, -0.25) is 4.79 Å². The predicted octanol–water partition coefficient (Wildman–Crippen LogP) is 4.16. The number of nitriles is 1. The number of ether oxygens (including phenoxy) is 1. The molecule has 0 unspecified atom stereocenters. The minimum absolute atomic E-state index is 0.0744. The fraction of sp³-hybridized carbons (Fsp3) is 0.345. The molecule has 1 saturated heterocycles. The minimum Gasteiger partial charge on any atom is -0.385 e. The first-order valence-corrected chi connectivity index (χ1v) is 14.5. The van der Waals surface area contributed by atoms with E-state index in [4.69, 9.17) is 9.84 Å². The van der Waals surface area contributed by atoms with Crippen LogP contribution in [-0.2, 0) is 19.6 Å². The summed E-state index contributed by atoms with van der Waals surface area (Å²) in [4.78, 5) is 12.9. The van der Waals surface area contributed by atoms with Crippen LogP contribution in [0.5, 0.6) is 0 Å². The van der Waals surface area contributed by atoms with Gasteiger partial charge in [-0.2, -0.15) is 14.7 Å². The van der Waals surface area contributed by atoms with Gasteiger partial charge in [-0.25, -0.2) is 13.1 Å². The molecule has 3 aromatic rings. The summed E-state index contributed by atoms with van der Waals surface area (Å²) in [5.74, 6) is -0.496. The molecule has 0 bridgehead atoms. The summed E-state index contributed by atoms with van der Waals surface area (Å²) < 4.78 is 35.2. The molecule has 204 valence electrons. The molecule has 1 aliphatic rings. The Morgan fingerprint density at radius 2 is 1.85 bits per heavy atom. The number of amides is 1. The van der Waals surface area contributed by atoms with E-state index >= 15 is 0 Å². The number of methoxy groups -OCH3 is 1. The average Bonchev–Trinajstić information content (AvgIpc) is 3.18. The first-order chi connectivity index (χ1) is 18.9. The summed E-state index contributed by atoms with van der Waals surface area (Å²) in [5, 5.41) is 17.2. The number of carbonyl (C=O) groups is 1. The van der Waals surface area contributed by atoms with Gasteiger partial charge >= 0.3 is 0 Å². The third-order valence-electron chi connectivity index (χ3n) is 6.55. The molecule has 2 heterocycles. The Labute approximate surface area is 229 Å². The second kappa shape index (κ2) is 13.3. The largest absolute Gasteiger partial charge is 0.385 e. The van der Waals surface area contributed by atoms with E-state index in [1.165, 1.54) is 6.08 Å². The minimum atomic E-state index is -3.67. The number of benzene rings is 2. The number of nitrogens with zero attached hydrogens (tertiary/aromatic N) is 4. The number of aromatic nitrogens is 2. The van der Waals surface area contributed by atoms with Crippen molar-refractivity contribution in [2.24, 2.45) is 0 Å². The third-order valence-corrected chi connectivity index (χ3v) is 8.44. The van der Waals surface area contributed by atoms with Gasteiger partial charge in [0, 0.05) is 50.7 Å². The van der Waals surface area contributed by atoms with Crippen LogP contribution in [0.2, 0.25) is 0 Å². The van der Waals surface area contributed by atoms with Crippen molar-refractivity contribution >= 4 is 22.0 Å². The Balaban J connectivity index is 1.73. The molecule has 1 fully saturated rings. The van der Waals surface area contributed by atoms with Gasteiger partial charge < -0.3 is 10.1 Å². The van der Waals surface area contributed by atoms with Gasteiger partial charge in [-0.15, -0.1) is 0 Å². The van der Waals surface area contributed by atoms with E-state index < -0.39 is 15.9 Å². The SMILES string of the molecule is COCCCNC(=O)/C(C#N)=C\c1cn(-c2ccccc2)nc1-c1cccc(S(=O)(=O)N2CCCCCC2)c1.